The maximum Gasteiger partial charge on any atom is 0.433 e. The lowest BCUT2D eigenvalue weighted by Gasteiger charge is -1.92. The largest absolute Gasteiger partial charge is 0.433 e. The number of para-hydroxylation sites is 1. The number of allylic oxidation sites excluding steroid dienone is 1. The van der Waals surface area contributed by atoms with Gasteiger partial charge in [0.2, 0.25) is 0 Å². The SMILES string of the molecule is N#CC(=Cc1ccc([N+](=O)[O-])o1)Sc1nc2ccccc2s1. The second kappa shape index (κ2) is 6.01. The van der Waals surface area contributed by atoms with Crippen molar-refractivity contribution in [3.63, 3.8) is 0 Å². The van der Waals surface area contributed by atoms with E-state index in [-0.39, 0.29) is 11.6 Å². The number of hydrogen-bond donors (Lipinski definition) is 0. The molecule has 0 unspecified atom stereocenters. The van der Waals surface area contributed by atoms with Crippen LogP contribution in [0.4, 0.5) is 5.88 Å². The highest BCUT2D eigenvalue weighted by molar-refractivity contribution is 8.05. The molecule has 3 rings (SSSR count). The van der Waals surface area contributed by atoms with E-state index < -0.39 is 4.92 Å². The molecule has 0 fully saturated rings. The van der Waals surface area contributed by atoms with Gasteiger partial charge in [-0.2, -0.15) is 5.26 Å². The summed E-state index contributed by atoms with van der Waals surface area (Å²) in [6.45, 7) is 0. The minimum Gasteiger partial charge on any atom is -0.401 e. The molecule has 6 nitrogen and oxygen atoms in total. The Morgan fingerprint density at radius 2 is 2.23 bits per heavy atom. The molecule has 0 radical (unpaired) electrons. The number of benzene rings is 1. The minimum absolute atomic E-state index is 0.261. The fraction of sp³-hybridized carbons (Fsp3) is 0. The molecule has 0 atom stereocenters. The van der Waals surface area contributed by atoms with E-state index in [9.17, 15) is 15.4 Å². The van der Waals surface area contributed by atoms with Crippen molar-refractivity contribution < 1.29 is 9.34 Å². The molecule has 3 aromatic rings. The zero-order valence-corrected chi connectivity index (χ0v) is 12.6. The van der Waals surface area contributed by atoms with Crippen LogP contribution < -0.4 is 0 Å². The van der Waals surface area contributed by atoms with Crippen LogP contribution in [0.1, 0.15) is 5.76 Å². The fourth-order valence-electron chi connectivity index (χ4n) is 1.72. The third-order valence-electron chi connectivity index (χ3n) is 2.65. The van der Waals surface area contributed by atoms with Crippen molar-refractivity contribution in [2.45, 2.75) is 4.34 Å². The van der Waals surface area contributed by atoms with Crippen LogP contribution in [0.25, 0.3) is 16.3 Å². The topological polar surface area (TPSA) is 93.0 Å². The molecule has 2 aromatic heterocycles. The van der Waals surface area contributed by atoms with Crippen molar-refractivity contribution in [3.8, 4) is 6.07 Å². The molecule has 0 aliphatic heterocycles. The molecule has 0 amide bonds. The Morgan fingerprint density at radius 3 is 2.91 bits per heavy atom. The highest BCUT2D eigenvalue weighted by atomic mass is 32.2. The first kappa shape index (κ1) is 14.3. The fourth-order valence-corrected chi connectivity index (χ4v) is 3.68. The van der Waals surface area contributed by atoms with Gasteiger partial charge in [0.15, 0.2) is 4.34 Å². The summed E-state index contributed by atoms with van der Waals surface area (Å²) in [4.78, 5) is 14.7. The van der Waals surface area contributed by atoms with Gasteiger partial charge in [0.25, 0.3) is 0 Å². The van der Waals surface area contributed by atoms with Gasteiger partial charge in [0, 0.05) is 6.08 Å². The van der Waals surface area contributed by atoms with E-state index >= 15 is 0 Å². The maximum absolute atomic E-state index is 10.6. The van der Waals surface area contributed by atoms with Gasteiger partial charge in [-0.3, -0.25) is 10.1 Å². The molecule has 0 aliphatic carbocycles. The Labute approximate surface area is 132 Å². The first-order valence-electron chi connectivity index (χ1n) is 6.05. The smallest absolute Gasteiger partial charge is 0.401 e. The Hall–Kier alpha value is -2.63. The number of thioether (sulfide) groups is 1. The summed E-state index contributed by atoms with van der Waals surface area (Å²) in [5.41, 5.74) is 0.876. The van der Waals surface area contributed by atoms with E-state index in [1.165, 1.54) is 41.3 Å². The summed E-state index contributed by atoms with van der Waals surface area (Å²) in [7, 11) is 0. The predicted octanol–water partition coefficient (Wildman–Crippen LogP) is 4.45. The van der Waals surface area contributed by atoms with E-state index in [1.807, 2.05) is 30.3 Å². The molecule has 0 bridgehead atoms. The van der Waals surface area contributed by atoms with Gasteiger partial charge < -0.3 is 4.42 Å². The molecule has 8 heteroatoms. The number of thiazole rings is 1. The van der Waals surface area contributed by atoms with Crippen molar-refractivity contribution in [2.24, 2.45) is 0 Å². The zero-order chi connectivity index (χ0) is 15.5. The number of nitrogens with zero attached hydrogens (tertiary/aromatic N) is 3. The van der Waals surface area contributed by atoms with Crippen LogP contribution in [0, 0.1) is 21.4 Å². The molecule has 1 aromatic carbocycles. The van der Waals surface area contributed by atoms with E-state index in [0.717, 1.165) is 14.6 Å². The number of aromatic nitrogens is 1. The lowest BCUT2D eigenvalue weighted by atomic mass is 10.3. The molecular formula is C14H7N3O3S2. The molecule has 0 spiro atoms. The normalized spacial score (nSPS) is 11.5. The number of nitriles is 1. The summed E-state index contributed by atoms with van der Waals surface area (Å²) in [6, 6.07) is 12.4. The number of furan rings is 1. The second-order valence-corrected chi connectivity index (χ2v) is 6.42. The number of nitro groups is 1. The summed E-state index contributed by atoms with van der Waals surface area (Å²) in [5.74, 6) is -0.0922. The van der Waals surface area contributed by atoms with Crippen LogP contribution in [0.2, 0.25) is 0 Å². The molecule has 0 aliphatic rings. The van der Waals surface area contributed by atoms with Gasteiger partial charge in [0.05, 0.1) is 21.2 Å². The van der Waals surface area contributed by atoms with Gasteiger partial charge in [-0.15, -0.1) is 11.3 Å². The molecular weight excluding hydrogens is 322 g/mol. The third-order valence-corrected chi connectivity index (χ3v) is 4.67. The van der Waals surface area contributed by atoms with Gasteiger partial charge in [0.1, 0.15) is 16.8 Å². The van der Waals surface area contributed by atoms with Crippen LogP contribution >= 0.6 is 23.1 Å². The van der Waals surface area contributed by atoms with E-state index in [4.69, 9.17) is 4.42 Å². The zero-order valence-electron chi connectivity index (χ0n) is 10.9. The maximum atomic E-state index is 10.6. The standard InChI is InChI=1S/C14H7N3O3S2/c15-8-10(7-9-5-6-13(20-9)17(18)19)21-14-16-11-3-1-2-4-12(11)22-14/h1-7H. The molecule has 2 heterocycles. The summed E-state index contributed by atoms with van der Waals surface area (Å²) >= 11 is 2.69. The lowest BCUT2D eigenvalue weighted by molar-refractivity contribution is -0.402. The minimum atomic E-state index is -0.621. The van der Waals surface area contributed by atoms with E-state index in [2.05, 4.69) is 4.98 Å². The van der Waals surface area contributed by atoms with E-state index in [0.29, 0.717) is 4.91 Å². The Bertz CT molecular complexity index is 888. The average Bonchev–Trinajstić information content (AvgIpc) is 3.12. The lowest BCUT2D eigenvalue weighted by Crippen LogP contribution is -1.82. The summed E-state index contributed by atoms with van der Waals surface area (Å²) < 4.78 is 6.79. The van der Waals surface area contributed by atoms with Crippen molar-refractivity contribution in [3.05, 3.63) is 57.2 Å². The third kappa shape index (κ3) is 3.00. The van der Waals surface area contributed by atoms with Crippen molar-refractivity contribution in [1.82, 2.24) is 4.98 Å². The molecule has 0 saturated heterocycles. The highest BCUT2D eigenvalue weighted by Crippen LogP contribution is 2.34. The highest BCUT2D eigenvalue weighted by Gasteiger charge is 2.12. The monoisotopic (exact) mass is 329 g/mol. The number of hydrogen-bond acceptors (Lipinski definition) is 7. The van der Waals surface area contributed by atoms with Crippen molar-refractivity contribution in [1.29, 1.82) is 5.26 Å². The van der Waals surface area contributed by atoms with Crippen LogP contribution in [0.5, 0.6) is 0 Å². The Morgan fingerprint density at radius 1 is 1.41 bits per heavy atom. The van der Waals surface area contributed by atoms with Crippen LogP contribution in [-0.2, 0) is 0 Å². The van der Waals surface area contributed by atoms with Crippen LogP contribution in [-0.4, -0.2) is 9.91 Å². The van der Waals surface area contributed by atoms with Gasteiger partial charge >= 0.3 is 5.88 Å². The number of fused-ring (bicyclic) bond motifs is 1. The van der Waals surface area contributed by atoms with E-state index in [1.54, 1.807) is 0 Å². The van der Waals surface area contributed by atoms with Gasteiger partial charge in [-0.05, 0) is 30.0 Å². The Kier molecular flexibility index (Phi) is 3.91. The van der Waals surface area contributed by atoms with Crippen molar-refractivity contribution in [2.75, 3.05) is 0 Å². The summed E-state index contributed by atoms with van der Waals surface area (Å²) in [6.07, 6.45) is 1.46. The first-order chi connectivity index (χ1) is 10.7. The second-order valence-electron chi connectivity index (χ2n) is 4.10. The number of rotatable bonds is 4. The van der Waals surface area contributed by atoms with Crippen LogP contribution in [0.15, 0.2) is 50.1 Å². The molecule has 22 heavy (non-hydrogen) atoms. The predicted molar refractivity (Wildman–Crippen MR) is 84.4 cm³/mol. The molecule has 0 N–H and O–H groups in total. The van der Waals surface area contributed by atoms with Crippen molar-refractivity contribution >= 4 is 45.3 Å². The quantitative estimate of drug-likeness (QED) is 0.304. The van der Waals surface area contributed by atoms with Crippen LogP contribution in [0.3, 0.4) is 0 Å². The average molecular weight is 329 g/mol. The molecule has 108 valence electrons. The first-order valence-corrected chi connectivity index (χ1v) is 7.68. The Balaban J connectivity index is 1.85. The molecule has 0 saturated carbocycles. The van der Waals surface area contributed by atoms with Gasteiger partial charge in [-0.1, -0.05) is 12.1 Å². The van der Waals surface area contributed by atoms with Gasteiger partial charge in [-0.25, -0.2) is 4.98 Å². The summed E-state index contributed by atoms with van der Waals surface area (Å²) in [5, 5.41) is 19.8.